The number of carbonyl (C=O) groups excluding carboxylic acids is 1. The van der Waals surface area contributed by atoms with Crippen LogP contribution in [0.5, 0.6) is 0 Å². The molecule has 9 heteroatoms. The van der Waals surface area contributed by atoms with Crippen LogP contribution in [0.1, 0.15) is 39.3 Å². The minimum Gasteiger partial charge on any atom is -0.480 e. The van der Waals surface area contributed by atoms with Gasteiger partial charge < -0.3 is 9.67 Å². The SMILES string of the molecule is O=C(O)Cn1c2c(sc1=NC(=O)c1cccc(C(F)(F)F)c1)CCCC2. The van der Waals surface area contributed by atoms with Gasteiger partial charge in [-0.2, -0.15) is 18.2 Å². The second kappa shape index (κ2) is 7.06. The second-order valence-electron chi connectivity index (χ2n) is 5.94. The first-order valence-corrected chi connectivity index (χ1v) is 8.77. The average Bonchev–Trinajstić information content (AvgIpc) is 2.91. The van der Waals surface area contributed by atoms with Crippen LogP contribution in [0.4, 0.5) is 13.2 Å². The number of alkyl halides is 3. The molecular formula is C17H15F3N2O3S. The Labute approximate surface area is 150 Å². The quantitative estimate of drug-likeness (QED) is 0.883. The maximum absolute atomic E-state index is 12.8. The lowest BCUT2D eigenvalue weighted by atomic mass is 10.0. The van der Waals surface area contributed by atoms with Gasteiger partial charge in [-0.25, -0.2) is 0 Å². The van der Waals surface area contributed by atoms with Crippen LogP contribution < -0.4 is 4.80 Å². The van der Waals surface area contributed by atoms with E-state index < -0.39 is 23.6 Å². The van der Waals surface area contributed by atoms with Crippen LogP contribution in [-0.4, -0.2) is 21.6 Å². The number of carboxylic acid groups (broad SMARTS) is 1. The zero-order valence-corrected chi connectivity index (χ0v) is 14.4. The molecule has 0 fully saturated rings. The maximum atomic E-state index is 12.8. The molecule has 1 aliphatic rings. The highest BCUT2D eigenvalue weighted by molar-refractivity contribution is 7.09. The van der Waals surface area contributed by atoms with Crippen molar-refractivity contribution in [1.29, 1.82) is 0 Å². The standard InChI is InChI=1S/C17H15F3N2O3S/c18-17(19,20)11-5-3-4-10(8-11)15(25)21-16-22(9-14(23)24)12-6-1-2-7-13(12)26-16/h3-5,8H,1-2,6-7,9H2,(H,23,24). The summed E-state index contributed by atoms with van der Waals surface area (Å²) in [6.45, 7) is -0.333. The lowest BCUT2D eigenvalue weighted by molar-refractivity contribution is -0.138. The van der Waals surface area contributed by atoms with Crippen molar-refractivity contribution < 1.29 is 27.9 Å². The van der Waals surface area contributed by atoms with Gasteiger partial charge in [0.1, 0.15) is 6.54 Å². The molecule has 2 aromatic rings. The minimum atomic E-state index is -4.55. The van der Waals surface area contributed by atoms with Crippen LogP contribution >= 0.6 is 11.3 Å². The highest BCUT2D eigenvalue weighted by Gasteiger charge is 2.31. The van der Waals surface area contributed by atoms with Crippen LogP contribution in [-0.2, 0) is 30.4 Å². The molecular weight excluding hydrogens is 369 g/mol. The summed E-state index contributed by atoms with van der Waals surface area (Å²) >= 11 is 1.23. The van der Waals surface area contributed by atoms with Gasteiger partial charge in [0.2, 0.25) is 0 Å². The minimum absolute atomic E-state index is 0.187. The molecule has 0 saturated carbocycles. The number of amides is 1. The Hall–Kier alpha value is -2.42. The van der Waals surface area contributed by atoms with E-state index in [-0.39, 0.29) is 16.9 Å². The molecule has 1 aromatic carbocycles. The van der Waals surface area contributed by atoms with E-state index in [1.165, 1.54) is 22.0 Å². The molecule has 0 radical (unpaired) electrons. The van der Waals surface area contributed by atoms with E-state index in [0.29, 0.717) is 6.42 Å². The van der Waals surface area contributed by atoms with Gasteiger partial charge in [-0.05, 0) is 43.9 Å². The Morgan fingerprint density at radius 2 is 1.96 bits per heavy atom. The van der Waals surface area contributed by atoms with Gasteiger partial charge in [0.25, 0.3) is 5.91 Å². The number of benzene rings is 1. The summed E-state index contributed by atoms with van der Waals surface area (Å²) in [4.78, 5) is 28.6. The van der Waals surface area contributed by atoms with Gasteiger partial charge in [0, 0.05) is 16.1 Å². The third kappa shape index (κ3) is 3.87. The van der Waals surface area contributed by atoms with E-state index in [2.05, 4.69) is 4.99 Å². The number of rotatable bonds is 3. The summed E-state index contributed by atoms with van der Waals surface area (Å²) in [6.07, 6.45) is -1.17. The maximum Gasteiger partial charge on any atom is 0.416 e. The Balaban J connectivity index is 2.03. The Morgan fingerprint density at radius 1 is 1.23 bits per heavy atom. The largest absolute Gasteiger partial charge is 0.480 e. The number of carboxylic acids is 1. The Bertz CT molecular complexity index is 928. The van der Waals surface area contributed by atoms with Crippen molar-refractivity contribution in [1.82, 2.24) is 4.57 Å². The Kier molecular flexibility index (Phi) is 4.99. The van der Waals surface area contributed by atoms with Gasteiger partial charge in [-0.1, -0.05) is 6.07 Å². The fraction of sp³-hybridized carbons (Fsp3) is 0.353. The number of carbonyl (C=O) groups is 2. The summed E-state index contributed by atoms with van der Waals surface area (Å²) in [5, 5.41) is 9.12. The van der Waals surface area contributed by atoms with E-state index in [1.54, 1.807) is 0 Å². The highest BCUT2D eigenvalue weighted by Crippen LogP contribution is 2.29. The smallest absolute Gasteiger partial charge is 0.416 e. The van der Waals surface area contributed by atoms with Gasteiger partial charge in [0.05, 0.1) is 5.56 Å². The van der Waals surface area contributed by atoms with Crippen molar-refractivity contribution >= 4 is 23.2 Å². The molecule has 0 spiro atoms. The highest BCUT2D eigenvalue weighted by atomic mass is 32.1. The fourth-order valence-corrected chi connectivity index (χ4v) is 4.11. The van der Waals surface area contributed by atoms with Crippen LogP contribution in [0.15, 0.2) is 29.3 Å². The van der Waals surface area contributed by atoms with E-state index in [4.69, 9.17) is 5.11 Å². The molecule has 1 amide bonds. The number of halogens is 3. The fourth-order valence-electron chi connectivity index (χ4n) is 2.90. The molecule has 3 rings (SSSR count). The summed E-state index contributed by atoms with van der Waals surface area (Å²) in [6, 6.07) is 4.04. The van der Waals surface area contributed by atoms with Crippen molar-refractivity contribution in [2.45, 2.75) is 38.4 Å². The molecule has 0 saturated heterocycles. The van der Waals surface area contributed by atoms with E-state index in [0.717, 1.165) is 48.0 Å². The number of nitrogens with zero attached hydrogens (tertiary/aromatic N) is 2. The predicted octanol–water partition coefficient (Wildman–Crippen LogP) is 3.27. The first-order chi connectivity index (χ1) is 12.3. The topological polar surface area (TPSA) is 71.7 Å². The van der Waals surface area contributed by atoms with Crippen molar-refractivity contribution in [2.75, 3.05) is 0 Å². The Morgan fingerprint density at radius 3 is 2.65 bits per heavy atom. The van der Waals surface area contributed by atoms with Crippen molar-refractivity contribution in [3.63, 3.8) is 0 Å². The summed E-state index contributed by atoms with van der Waals surface area (Å²) < 4.78 is 39.9. The number of aryl methyl sites for hydroxylation is 1. The zero-order chi connectivity index (χ0) is 18.9. The molecule has 0 bridgehead atoms. The molecule has 0 aliphatic heterocycles. The average molecular weight is 384 g/mol. The van der Waals surface area contributed by atoms with Gasteiger partial charge >= 0.3 is 12.1 Å². The summed E-state index contributed by atoms with van der Waals surface area (Å²) in [5.74, 6) is -1.89. The van der Waals surface area contributed by atoms with E-state index >= 15 is 0 Å². The van der Waals surface area contributed by atoms with Crippen LogP contribution in [0, 0.1) is 0 Å². The van der Waals surface area contributed by atoms with Crippen molar-refractivity contribution in [3.05, 3.63) is 50.8 Å². The number of aromatic nitrogens is 1. The van der Waals surface area contributed by atoms with Gasteiger partial charge in [0.15, 0.2) is 4.80 Å². The lowest BCUT2D eigenvalue weighted by Crippen LogP contribution is -2.24. The number of aliphatic carboxylic acids is 1. The first-order valence-electron chi connectivity index (χ1n) is 7.95. The predicted molar refractivity (Wildman–Crippen MR) is 87.9 cm³/mol. The van der Waals surface area contributed by atoms with Gasteiger partial charge in [-0.3, -0.25) is 9.59 Å². The molecule has 26 heavy (non-hydrogen) atoms. The molecule has 1 aliphatic carbocycles. The molecule has 0 unspecified atom stereocenters. The molecule has 0 atom stereocenters. The molecule has 138 valence electrons. The van der Waals surface area contributed by atoms with Gasteiger partial charge in [-0.15, -0.1) is 11.3 Å². The number of hydrogen-bond donors (Lipinski definition) is 1. The third-order valence-electron chi connectivity index (χ3n) is 4.09. The first kappa shape index (κ1) is 18.4. The lowest BCUT2D eigenvalue weighted by Gasteiger charge is -2.12. The summed E-state index contributed by atoms with van der Waals surface area (Å²) in [5.41, 5.74) is -0.269. The zero-order valence-electron chi connectivity index (χ0n) is 13.5. The molecule has 1 heterocycles. The summed E-state index contributed by atoms with van der Waals surface area (Å²) in [7, 11) is 0. The number of thiazole rings is 1. The van der Waals surface area contributed by atoms with Crippen molar-refractivity contribution in [3.8, 4) is 0 Å². The van der Waals surface area contributed by atoms with Crippen molar-refractivity contribution in [2.24, 2.45) is 4.99 Å². The van der Waals surface area contributed by atoms with Crippen LogP contribution in [0.3, 0.4) is 0 Å². The number of hydrogen-bond acceptors (Lipinski definition) is 3. The molecule has 5 nitrogen and oxygen atoms in total. The number of fused-ring (bicyclic) bond motifs is 1. The third-order valence-corrected chi connectivity index (χ3v) is 5.27. The van der Waals surface area contributed by atoms with Crippen LogP contribution in [0.2, 0.25) is 0 Å². The molecule has 1 aromatic heterocycles. The normalized spacial score (nSPS) is 15.0. The van der Waals surface area contributed by atoms with E-state index in [1.807, 2.05) is 0 Å². The molecule has 1 N–H and O–H groups in total. The second-order valence-corrected chi connectivity index (χ2v) is 7.00. The van der Waals surface area contributed by atoms with E-state index in [9.17, 15) is 22.8 Å². The van der Waals surface area contributed by atoms with Crippen LogP contribution in [0.25, 0.3) is 0 Å². The monoisotopic (exact) mass is 384 g/mol.